The number of carbonyl (C=O) groups excluding carboxylic acids is 1. The van der Waals surface area contributed by atoms with Gasteiger partial charge < -0.3 is 4.74 Å². The smallest absolute Gasteiger partial charge is 0.312 e. The first-order valence-electron chi connectivity index (χ1n) is 9.65. The highest BCUT2D eigenvalue weighted by atomic mass is 16.6. The first kappa shape index (κ1) is 15.0. The van der Waals surface area contributed by atoms with Crippen molar-refractivity contribution in [3.8, 4) is 0 Å². The van der Waals surface area contributed by atoms with Gasteiger partial charge in [-0.05, 0) is 88.4 Å². The molecule has 0 aromatic rings. The molecule has 4 aliphatic rings. The van der Waals surface area contributed by atoms with Crippen LogP contribution in [0, 0.1) is 40.9 Å². The Morgan fingerprint density at radius 3 is 2.41 bits per heavy atom. The fourth-order valence-electron chi connectivity index (χ4n) is 6.76. The molecule has 0 aromatic carbocycles. The summed E-state index contributed by atoms with van der Waals surface area (Å²) in [4.78, 5) is 12.7. The van der Waals surface area contributed by atoms with Crippen LogP contribution in [-0.4, -0.2) is 11.6 Å². The zero-order valence-electron chi connectivity index (χ0n) is 14.7. The summed E-state index contributed by atoms with van der Waals surface area (Å²) in [7, 11) is 0. The second-order valence-electron chi connectivity index (χ2n) is 9.34. The molecule has 0 amide bonds. The van der Waals surface area contributed by atoms with Crippen LogP contribution < -0.4 is 0 Å². The maximum Gasteiger partial charge on any atom is 0.312 e. The first-order valence-corrected chi connectivity index (χ1v) is 9.65. The van der Waals surface area contributed by atoms with Crippen molar-refractivity contribution >= 4 is 5.97 Å². The van der Waals surface area contributed by atoms with Gasteiger partial charge in [0.05, 0.1) is 5.41 Å². The molecular weight excluding hydrogens is 272 g/mol. The summed E-state index contributed by atoms with van der Waals surface area (Å²) in [6, 6.07) is 0. The Morgan fingerprint density at radius 2 is 1.77 bits per heavy atom. The predicted molar refractivity (Wildman–Crippen MR) is 87.2 cm³/mol. The van der Waals surface area contributed by atoms with Crippen molar-refractivity contribution in [2.45, 2.75) is 78.2 Å². The SMILES string of the molecule is CCC(C)(C)C(=O)OC1(CC)CC2C[C@@H]1C1C3CCC(C3)C21. The van der Waals surface area contributed by atoms with E-state index in [2.05, 4.69) is 13.8 Å². The standard InChI is InChI=1S/C20H32O2/c1-5-19(3,4)18(21)22-20(6-2)11-14-10-15(20)17-13-8-7-12(9-13)16(14)17/h12-17H,5-11H2,1-4H3/t12?,13?,14?,15-,16?,17?,20?/m1/s1. The summed E-state index contributed by atoms with van der Waals surface area (Å²) in [5.74, 6) is 5.40. The zero-order valence-corrected chi connectivity index (χ0v) is 14.7. The number of hydrogen-bond acceptors (Lipinski definition) is 2. The Morgan fingerprint density at radius 1 is 1.09 bits per heavy atom. The number of hydrogen-bond donors (Lipinski definition) is 0. The number of ether oxygens (including phenoxy) is 1. The molecule has 2 heteroatoms. The van der Waals surface area contributed by atoms with Gasteiger partial charge in [-0.2, -0.15) is 0 Å². The molecular formula is C20H32O2. The Balaban J connectivity index is 1.58. The summed E-state index contributed by atoms with van der Waals surface area (Å²) in [5, 5.41) is 0. The molecule has 4 aliphatic carbocycles. The maximum atomic E-state index is 12.7. The third kappa shape index (κ3) is 1.82. The highest BCUT2D eigenvalue weighted by Gasteiger charge is 2.67. The van der Waals surface area contributed by atoms with Crippen molar-refractivity contribution < 1.29 is 9.53 Å². The van der Waals surface area contributed by atoms with Crippen LogP contribution in [-0.2, 0) is 9.53 Å². The lowest BCUT2D eigenvalue weighted by molar-refractivity contribution is -0.183. The van der Waals surface area contributed by atoms with Crippen LogP contribution in [0.2, 0.25) is 0 Å². The van der Waals surface area contributed by atoms with Gasteiger partial charge in [-0.15, -0.1) is 0 Å². The summed E-state index contributed by atoms with van der Waals surface area (Å²) in [6.07, 6.45) is 8.79. The molecule has 4 bridgehead atoms. The topological polar surface area (TPSA) is 26.3 Å². The second-order valence-corrected chi connectivity index (χ2v) is 9.34. The summed E-state index contributed by atoms with van der Waals surface area (Å²) in [5.41, 5.74) is -0.460. The van der Waals surface area contributed by atoms with Crippen LogP contribution >= 0.6 is 0 Å². The van der Waals surface area contributed by atoms with Crippen molar-refractivity contribution in [1.29, 1.82) is 0 Å². The molecule has 2 nitrogen and oxygen atoms in total. The van der Waals surface area contributed by atoms with E-state index >= 15 is 0 Å². The van der Waals surface area contributed by atoms with Crippen LogP contribution in [0.5, 0.6) is 0 Å². The zero-order chi connectivity index (χ0) is 15.7. The van der Waals surface area contributed by atoms with Gasteiger partial charge in [0.15, 0.2) is 0 Å². The predicted octanol–water partition coefficient (Wildman–Crippen LogP) is 4.82. The van der Waals surface area contributed by atoms with E-state index in [0.29, 0.717) is 5.92 Å². The summed E-state index contributed by atoms with van der Waals surface area (Å²) in [6.45, 7) is 8.40. The van der Waals surface area contributed by atoms with Gasteiger partial charge in [-0.3, -0.25) is 4.79 Å². The highest BCUT2D eigenvalue weighted by Crippen LogP contribution is 2.70. The normalized spacial score (nSPS) is 48.7. The number of carbonyl (C=O) groups is 1. The third-order valence-electron chi connectivity index (χ3n) is 8.23. The lowest BCUT2D eigenvalue weighted by atomic mass is 9.65. The van der Waals surface area contributed by atoms with Crippen LogP contribution in [0.1, 0.15) is 72.6 Å². The molecule has 4 rings (SSSR count). The van der Waals surface area contributed by atoms with Gasteiger partial charge in [0.1, 0.15) is 5.60 Å². The van der Waals surface area contributed by atoms with Crippen LogP contribution in [0.3, 0.4) is 0 Å². The van der Waals surface area contributed by atoms with Crippen molar-refractivity contribution in [2.24, 2.45) is 40.9 Å². The average molecular weight is 304 g/mol. The quantitative estimate of drug-likeness (QED) is 0.550. The van der Waals surface area contributed by atoms with Crippen molar-refractivity contribution in [3.05, 3.63) is 0 Å². The van der Waals surface area contributed by atoms with Crippen molar-refractivity contribution in [2.75, 3.05) is 0 Å². The molecule has 7 atom stereocenters. The van der Waals surface area contributed by atoms with Crippen LogP contribution in [0.25, 0.3) is 0 Å². The fourth-order valence-corrected chi connectivity index (χ4v) is 6.76. The average Bonchev–Trinajstić information content (AvgIpc) is 3.24. The molecule has 0 N–H and O–H groups in total. The second kappa shape index (κ2) is 4.74. The van der Waals surface area contributed by atoms with E-state index in [9.17, 15) is 4.79 Å². The number of fused-ring (bicyclic) bond motifs is 9. The minimum atomic E-state index is -0.335. The minimum Gasteiger partial charge on any atom is -0.458 e. The molecule has 0 heterocycles. The molecule has 124 valence electrons. The van der Waals surface area contributed by atoms with E-state index in [1.165, 1.54) is 25.7 Å². The summed E-state index contributed by atoms with van der Waals surface area (Å²) >= 11 is 0. The molecule has 22 heavy (non-hydrogen) atoms. The van der Waals surface area contributed by atoms with E-state index < -0.39 is 0 Å². The molecule has 0 aliphatic heterocycles. The van der Waals surface area contributed by atoms with Gasteiger partial charge >= 0.3 is 5.97 Å². The molecule has 0 spiro atoms. The third-order valence-corrected chi connectivity index (χ3v) is 8.23. The lowest BCUT2D eigenvalue weighted by Gasteiger charge is -2.46. The van der Waals surface area contributed by atoms with Crippen molar-refractivity contribution in [1.82, 2.24) is 0 Å². The van der Waals surface area contributed by atoms with Crippen LogP contribution in [0.4, 0.5) is 0 Å². The highest BCUT2D eigenvalue weighted by molar-refractivity contribution is 5.76. The molecule has 0 saturated heterocycles. The molecule has 0 radical (unpaired) electrons. The lowest BCUT2D eigenvalue weighted by Crippen LogP contribution is -2.49. The van der Waals surface area contributed by atoms with Gasteiger partial charge in [0.25, 0.3) is 0 Å². The molecule has 0 aromatic heterocycles. The van der Waals surface area contributed by atoms with E-state index in [4.69, 9.17) is 4.74 Å². The van der Waals surface area contributed by atoms with E-state index in [0.717, 1.165) is 48.9 Å². The van der Waals surface area contributed by atoms with Gasteiger partial charge in [-0.25, -0.2) is 0 Å². The fraction of sp³-hybridized carbons (Fsp3) is 0.950. The van der Waals surface area contributed by atoms with E-state index in [1.807, 2.05) is 13.8 Å². The van der Waals surface area contributed by atoms with E-state index in [-0.39, 0.29) is 17.0 Å². The maximum absolute atomic E-state index is 12.7. The first-order chi connectivity index (χ1) is 10.4. The van der Waals surface area contributed by atoms with Gasteiger partial charge in [0, 0.05) is 5.92 Å². The monoisotopic (exact) mass is 304 g/mol. The largest absolute Gasteiger partial charge is 0.458 e. The Hall–Kier alpha value is -0.530. The summed E-state index contributed by atoms with van der Waals surface area (Å²) < 4.78 is 6.31. The van der Waals surface area contributed by atoms with Crippen molar-refractivity contribution in [3.63, 3.8) is 0 Å². The van der Waals surface area contributed by atoms with Crippen LogP contribution in [0.15, 0.2) is 0 Å². The molecule has 4 saturated carbocycles. The number of esters is 1. The van der Waals surface area contributed by atoms with E-state index in [1.54, 1.807) is 0 Å². The molecule has 6 unspecified atom stereocenters. The van der Waals surface area contributed by atoms with Gasteiger partial charge in [0.2, 0.25) is 0 Å². The Bertz CT molecular complexity index is 482. The molecule has 4 fully saturated rings. The number of rotatable bonds is 4. The van der Waals surface area contributed by atoms with Gasteiger partial charge in [-0.1, -0.05) is 13.8 Å². The Labute approximate surface area is 135 Å². The Kier molecular flexibility index (Phi) is 3.24. The minimum absolute atomic E-state index is 0.0455.